The summed E-state index contributed by atoms with van der Waals surface area (Å²) >= 11 is 3.57. The third-order valence-corrected chi connectivity index (χ3v) is 3.67. The van der Waals surface area contributed by atoms with Gasteiger partial charge in [0.15, 0.2) is 0 Å². The van der Waals surface area contributed by atoms with Crippen LogP contribution in [-0.2, 0) is 11.3 Å². The van der Waals surface area contributed by atoms with Crippen LogP contribution in [-0.4, -0.2) is 23.8 Å². The van der Waals surface area contributed by atoms with Gasteiger partial charge in [0.25, 0.3) is 0 Å². The van der Waals surface area contributed by atoms with E-state index in [1.165, 1.54) is 11.1 Å². The minimum Gasteiger partial charge on any atom is -0.444 e. The van der Waals surface area contributed by atoms with Gasteiger partial charge >= 0.3 is 6.09 Å². The van der Waals surface area contributed by atoms with Crippen molar-refractivity contribution in [2.45, 2.75) is 59.2 Å². The molecule has 1 aromatic rings. The Morgan fingerprint density at radius 3 is 2.41 bits per heavy atom. The Labute approximate surface area is 142 Å². The van der Waals surface area contributed by atoms with Crippen LogP contribution in [0.2, 0.25) is 0 Å². The van der Waals surface area contributed by atoms with Crippen molar-refractivity contribution < 1.29 is 9.53 Å². The Kier molecular flexibility index (Phi) is 6.44. The Hall–Kier alpha value is -1.07. The fourth-order valence-electron chi connectivity index (χ4n) is 1.93. The van der Waals surface area contributed by atoms with E-state index in [-0.39, 0.29) is 5.54 Å². The normalized spacial score (nSPS) is 12.1. The second kappa shape index (κ2) is 7.47. The molecule has 0 spiro atoms. The zero-order valence-electron chi connectivity index (χ0n) is 14.3. The molecule has 1 rings (SSSR count). The predicted octanol–water partition coefficient (Wildman–Crippen LogP) is 4.15. The van der Waals surface area contributed by atoms with Gasteiger partial charge in [-0.2, -0.15) is 0 Å². The van der Waals surface area contributed by atoms with E-state index in [0.29, 0.717) is 6.54 Å². The van der Waals surface area contributed by atoms with Gasteiger partial charge in [-0.15, -0.1) is 0 Å². The molecule has 0 atom stereocenters. The summed E-state index contributed by atoms with van der Waals surface area (Å²) in [5.41, 5.74) is 1.54. The lowest BCUT2D eigenvalue weighted by Gasteiger charge is -2.29. The summed E-state index contributed by atoms with van der Waals surface area (Å²) in [5.74, 6) is 0. The van der Waals surface area contributed by atoms with E-state index in [1.54, 1.807) is 0 Å². The molecule has 1 amide bonds. The van der Waals surface area contributed by atoms with Gasteiger partial charge < -0.3 is 15.4 Å². The number of rotatable bonds is 5. The van der Waals surface area contributed by atoms with Gasteiger partial charge in [0.1, 0.15) is 5.60 Å². The average molecular weight is 371 g/mol. The molecule has 0 saturated heterocycles. The monoisotopic (exact) mass is 370 g/mol. The number of alkyl carbamates (subject to hydrolysis) is 1. The molecule has 1 aromatic carbocycles. The summed E-state index contributed by atoms with van der Waals surface area (Å²) in [5, 5.41) is 6.26. The molecule has 0 aliphatic rings. The molecule has 0 aliphatic carbocycles. The van der Waals surface area contributed by atoms with Gasteiger partial charge in [0.05, 0.1) is 5.54 Å². The molecule has 0 bridgehead atoms. The highest BCUT2D eigenvalue weighted by Gasteiger charge is 2.24. The van der Waals surface area contributed by atoms with E-state index in [2.05, 4.69) is 51.7 Å². The van der Waals surface area contributed by atoms with Gasteiger partial charge in [0.2, 0.25) is 0 Å². The van der Waals surface area contributed by atoms with Crippen LogP contribution in [0.15, 0.2) is 22.7 Å². The zero-order chi connectivity index (χ0) is 17.0. The lowest BCUT2D eigenvalue weighted by Crippen LogP contribution is -2.51. The average Bonchev–Trinajstić information content (AvgIpc) is 2.28. The van der Waals surface area contributed by atoms with Crippen LogP contribution >= 0.6 is 15.9 Å². The number of carbonyl (C=O) groups is 1. The Morgan fingerprint density at radius 2 is 1.86 bits per heavy atom. The fraction of sp³-hybridized carbons (Fsp3) is 0.588. The fourth-order valence-corrected chi connectivity index (χ4v) is 2.56. The van der Waals surface area contributed by atoms with Crippen molar-refractivity contribution in [3.63, 3.8) is 0 Å². The molecular weight excluding hydrogens is 344 g/mol. The number of aryl methyl sites for hydroxylation is 1. The van der Waals surface area contributed by atoms with E-state index >= 15 is 0 Å². The number of amides is 1. The van der Waals surface area contributed by atoms with Crippen LogP contribution in [0.3, 0.4) is 0 Å². The van der Waals surface area contributed by atoms with Crippen molar-refractivity contribution in [3.05, 3.63) is 33.8 Å². The quantitative estimate of drug-likeness (QED) is 0.818. The van der Waals surface area contributed by atoms with Crippen molar-refractivity contribution in [1.82, 2.24) is 10.6 Å². The summed E-state index contributed by atoms with van der Waals surface area (Å²) in [6, 6.07) is 6.29. The first-order chi connectivity index (χ1) is 9.98. The lowest BCUT2D eigenvalue weighted by molar-refractivity contribution is 0.0472. The third-order valence-electron chi connectivity index (χ3n) is 2.93. The highest BCUT2D eigenvalue weighted by atomic mass is 79.9. The van der Waals surface area contributed by atoms with Crippen LogP contribution in [0.4, 0.5) is 4.79 Å². The highest BCUT2D eigenvalue weighted by Crippen LogP contribution is 2.18. The van der Waals surface area contributed by atoms with Crippen molar-refractivity contribution in [3.8, 4) is 0 Å². The third kappa shape index (κ3) is 7.27. The second-order valence-electron chi connectivity index (χ2n) is 7.21. The van der Waals surface area contributed by atoms with E-state index < -0.39 is 11.7 Å². The molecular formula is C17H27BrN2O2. The Balaban J connectivity index is 2.47. The Bertz CT molecular complexity index is 522. The number of hydrogen-bond donors (Lipinski definition) is 2. The summed E-state index contributed by atoms with van der Waals surface area (Å²) in [4.78, 5) is 11.8. The van der Waals surface area contributed by atoms with Crippen LogP contribution in [0.1, 0.15) is 45.7 Å². The molecule has 5 heteroatoms. The molecule has 2 N–H and O–H groups in total. The number of nitrogens with one attached hydrogen (secondary N) is 2. The van der Waals surface area contributed by atoms with Crippen LogP contribution in [0, 0.1) is 6.92 Å². The smallest absolute Gasteiger partial charge is 0.408 e. The van der Waals surface area contributed by atoms with Crippen LogP contribution in [0.5, 0.6) is 0 Å². The molecule has 124 valence electrons. The van der Waals surface area contributed by atoms with Gasteiger partial charge in [-0.25, -0.2) is 4.79 Å². The molecule has 0 fully saturated rings. The molecule has 0 aromatic heterocycles. The van der Waals surface area contributed by atoms with Crippen molar-refractivity contribution in [2.24, 2.45) is 0 Å². The summed E-state index contributed by atoms with van der Waals surface area (Å²) in [6.45, 7) is 12.9. The van der Waals surface area contributed by atoms with Gasteiger partial charge in [-0.3, -0.25) is 0 Å². The minimum atomic E-state index is -0.486. The van der Waals surface area contributed by atoms with Gasteiger partial charge in [-0.05, 0) is 58.7 Å². The molecule has 0 saturated carbocycles. The van der Waals surface area contributed by atoms with Crippen LogP contribution in [0.25, 0.3) is 0 Å². The number of hydrogen-bond acceptors (Lipinski definition) is 3. The first kappa shape index (κ1) is 19.0. The van der Waals surface area contributed by atoms with Crippen molar-refractivity contribution in [2.75, 3.05) is 6.54 Å². The molecule has 0 aliphatic heterocycles. The van der Waals surface area contributed by atoms with E-state index in [9.17, 15) is 4.79 Å². The van der Waals surface area contributed by atoms with E-state index in [1.807, 2.05) is 34.6 Å². The van der Waals surface area contributed by atoms with Gasteiger partial charge in [0, 0.05) is 17.6 Å². The topological polar surface area (TPSA) is 50.4 Å². The van der Waals surface area contributed by atoms with E-state index in [4.69, 9.17) is 4.74 Å². The number of ether oxygens (including phenoxy) is 1. The summed E-state index contributed by atoms with van der Waals surface area (Å²) in [6.07, 6.45) is -0.393. The Morgan fingerprint density at radius 1 is 1.23 bits per heavy atom. The molecule has 0 heterocycles. The predicted molar refractivity (Wildman–Crippen MR) is 94.0 cm³/mol. The van der Waals surface area contributed by atoms with E-state index in [0.717, 1.165) is 11.0 Å². The maximum Gasteiger partial charge on any atom is 0.408 e. The first-order valence-corrected chi connectivity index (χ1v) is 8.25. The first-order valence-electron chi connectivity index (χ1n) is 7.45. The maximum absolute atomic E-state index is 11.8. The van der Waals surface area contributed by atoms with Crippen molar-refractivity contribution in [1.29, 1.82) is 0 Å². The standard InChI is InChI=1S/C17H27BrN2O2/c1-12-7-8-13(14(18)9-12)10-19-11-17(5,6)20-15(21)22-16(2,3)4/h7-9,19H,10-11H2,1-6H3,(H,20,21). The van der Waals surface area contributed by atoms with Crippen LogP contribution < -0.4 is 10.6 Å². The number of halogens is 1. The summed E-state index contributed by atoms with van der Waals surface area (Å²) in [7, 11) is 0. The zero-order valence-corrected chi connectivity index (χ0v) is 15.9. The second-order valence-corrected chi connectivity index (χ2v) is 8.06. The van der Waals surface area contributed by atoms with Crippen molar-refractivity contribution >= 4 is 22.0 Å². The maximum atomic E-state index is 11.8. The molecule has 0 unspecified atom stereocenters. The highest BCUT2D eigenvalue weighted by molar-refractivity contribution is 9.10. The SMILES string of the molecule is Cc1ccc(CNCC(C)(C)NC(=O)OC(C)(C)C)c(Br)c1. The number of carbonyl (C=O) groups excluding carboxylic acids is 1. The minimum absolute atomic E-state index is 0.389. The molecule has 22 heavy (non-hydrogen) atoms. The number of benzene rings is 1. The molecule has 0 radical (unpaired) electrons. The lowest BCUT2D eigenvalue weighted by atomic mass is 10.1. The molecule has 4 nitrogen and oxygen atoms in total. The summed E-state index contributed by atoms with van der Waals surface area (Å²) < 4.78 is 6.38. The largest absolute Gasteiger partial charge is 0.444 e. The van der Waals surface area contributed by atoms with Gasteiger partial charge in [-0.1, -0.05) is 28.1 Å².